The van der Waals surface area contributed by atoms with E-state index in [1.807, 2.05) is 6.07 Å². The quantitative estimate of drug-likeness (QED) is 0.821. The van der Waals surface area contributed by atoms with Crippen molar-refractivity contribution in [2.24, 2.45) is 5.92 Å². The lowest BCUT2D eigenvalue weighted by atomic mass is 9.99. The first kappa shape index (κ1) is 11.0. The van der Waals surface area contributed by atoms with E-state index in [4.69, 9.17) is 16.9 Å². The summed E-state index contributed by atoms with van der Waals surface area (Å²) in [4.78, 5) is 0. The van der Waals surface area contributed by atoms with Gasteiger partial charge in [0.05, 0.1) is 23.1 Å². The summed E-state index contributed by atoms with van der Waals surface area (Å²) in [5, 5.41) is 18.1. The lowest BCUT2D eigenvalue weighted by molar-refractivity contribution is 0.142. The Kier molecular flexibility index (Phi) is 3.45. The molecule has 14 heavy (non-hydrogen) atoms. The van der Waals surface area contributed by atoms with E-state index in [9.17, 15) is 9.50 Å². The lowest BCUT2D eigenvalue weighted by Gasteiger charge is -2.12. The van der Waals surface area contributed by atoms with Crippen molar-refractivity contribution >= 4 is 11.6 Å². The number of halogens is 2. The summed E-state index contributed by atoms with van der Waals surface area (Å²) in [6.45, 7) is 1.59. The average molecular weight is 214 g/mol. The molecule has 1 rings (SSSR count). The van der Waals surface area contributed by atoms with Gasteiger partial charge in [-0.3, -0.25) is 0 Å². The molecule has 0 saturated heterocycles. The summed E-state index contributed by atoms with van der Waals surface area (Å²) >= 11 is 5.54. The largest absolute Gasteiger partial charge is 0.387 e. The van der Waals surface area contributed by atoms with Crippen LogP contribution in [0.3, 0.4) is 0 Å². The van der Waals surface area contributed by atoms with Crippen LogP contribution in [0.25, 0.3) is 0 Å². The molecule has 0 amide bonds. The van der Waals surface area contributed by atoms with Gasteiger partial charge in [0, 0.05) is 0 Å². The van der Waals surface area contributed by atoms with Gasteiger partial charge in [0.15, 0.2) is 0 Å². The van der Waals surface area contributed by atoms with E-state index in [1.165, 1.54) is 18.2 Å². The first-order chi connectivity index (χ1) is 6.56. The van der Waals surface area contributed by atoms with E-state index in [0.29, 0.717) is 5.56 Å². The molecular formula is C10H9ClFNO. The molecule has 2 unspecified atom stereocenters. The summed E-state index contributed by atoms with van der Waals surface area (Å²) < 4.78 is 12.8. The third-order valence-electron chi connectivity index (χ3n) is 1.96. The predicted molar refractivity (Wildman–Crippen MR) is 51.1 cm³/mol. The number of aliphatic hydroxyl groups excluding tert-OH is 1. The van der Waals surface area contributed by atoms with E-state index in [2.05, 4.69) is 0 Å². The maximum Gasteiger partial charge on any atom is 0.141 e. The van der Waals surface area contributed by atoms with Crippen LogP contribution in [0.4, 0.5) is 4.39 Å². The normalized spacial score (nSPS) is 14.5. The second-order valence-corrected chi connectivity index (χ2v) is 3.44. The Labute approximate surface area is 86.5 Å². The van der Waals surface area contributed by atoms with Crippen LogP contribution in [-0.2, 0) is 0 Å². The minimum atomic E-state index is -0.932. The highest BCUT2D eigenvalue weighted by Crippen LogP contribution is 2.25. The lowest BCUT2D eigenvalue weighted by Crippen LogP contribution is -2.07. The van der Waals surface area contributed by atoms with Crippen molar-refractivity contribution in [3.63, 3.8) is 0 Å². The van der Waals surface area contributed by atoms with Crippen molar-refractivity contribution in [1.82, 2.24) is 0 Å². The van der Waals surface area contributed by atoms with Crippen LogP contribution in [0.5, 0.6) is 0 Å². The molecule has 0 bridgehead atoms. The Balaban J connectivity index is 2.98. The Hall–Kier alpha value is -1.11. The van der Waals surface area contributed by atoms with Crippen LogP contribution < -0.4 is 0 Å². The molecule has 1 aromatic rings. The molecule has 0 saturated carbocycles. The molecule has 1 N–H and O–H groups in total. The molecular weight excluding hydrogens is 205 g/mol. The van der Waals surface area contributed by atoms with Crippen LogP contribution in [0, 0.1) is 23.1 Å². The fraction of sp³-hybridized carbons (Fsp3) is 0.300. The minimum Gasteiger partial charge on any atom is -0.387 e. The molecule has 0 spiro atoms. The van der Waals surface area contributed by atoms with Gasteiger partial charge in [-0.2, -0.15) is 5.26 Å². The average Bonchev–Trinajstić information content (AvgIpc) is 2.20. The van der Waals surface area contributed by atoms with Crippen LogP contribution in [0.2, 0.25) is 5.02 Å². The highest BCUT2D eigenvalue weighted by atomic mass is 35.5. The summed E-state index contributed by atoms with van der Waals surface area (Å²) in [5.74, 6) is -1.08. The van der Waals surface area contributed by atoms with E-state index in [-0.39, 0.29) is 5.02 Å². The van der Waals surface area contributed by atoms with Gasteiger partial charge in [-0.1, -0.05) is 17.7 Å². The topological polar surface area (TPSA) is 44.0 Å². The molecule has 0 aliphatic rings. The number of hydrogen-bond acceptors (Lipinski definition) is 2. The zero-order valence-electron chi connectivity index (χ0n) is 7.54. The summed E-state index contributed by atoms with van der Waals surface area (Å²) in [5.41, 5.74) is 0.449. The maximum absolute atomic E-state index is 12.8. The van der Waals surface area contributed by atoms with Crippen molar-refractivity contribution in [2.45, 2.75) is 13.0 Å². The van der Waals surface area contributed by atoms with Crippen LogP contribution >= 0.6 is 11.6 Å². The van der Waals surface area contributed by atoms with Gasteiger partial charge in [-0.05, 0) is 24.6 Å². The van der Waals surface area contributed by atoms with Crippen molar-refractivity contribution < 1.29 is 9.50 Å². The monoisotopic (exact) mass is 213 g/mol. The Morgan fingerprint density at radius 1 is 1.57 bits per heavy atom. The molecule has 0 aliphatic carbocycles. The summed E-state index contributed by atoms with van der Waals surface area (Å²) in [6, 6.07) is 5.83. The van der Waals surface area contributed by atoms with E-state index < -0.39 is 17.8 Å². The smallest absolute Gasteiger partial charge is 0.141 e. The second-order valence-electron chi connectivity index (χ2n) is 3.04. The second kappa shape index (κ2) is 4.41. The summed E-state index contributed by atoms with van der Waals surface area (Å²) in [6.07, 6.45) is -0.932. The van der Waals surface area contributed by atoms with Crippen molar-refractivity contribution in [3.05, 3.63) is 34.6 Å². The molecule has 0 aromatic heterocycles. The Morgan fingerprint density at radius 2 is 2.21 bits per heavy atom. The van der Waals surface area contributed by atoms with E-state index >= 15 is 0 Å². The molecule has 4 heteroatoms. The highest BCUT2D eigenvalue weighted by Gasteiger charge is 2.16. The molecule has 0 fully saturated rings. The van der Waals surface area contributed by atoms with Crippen molar-refractivity contribution in [3.8, 4) is 6.07 Å². The fourth-order valence-electron chi connectivity index (χ4n) is 1.06. The Morgan fingerprint density at radius 3 is 2.71 bits per heavy atom. The minimum absolute atomic E-state index is 0.0494. The number of rotatable bonds is 2. The van der Waals surface area contributed by atoms with Crippen molar-refractivity contribution in [2.75, 3.05) is 0 Å². The standard InChI is InChI=1S/C10H9ClFNO/c1-6(5-13)10(14)7-2-3-9(12)8(11)4-7/h2-4,6,10,14H,1H3. The van der Waals surface area contributed by atoms with Gasteiger partial charge < -0.3 is 5.11 Å². The molecule has 74 valence electrons. The molecule has 0 radical (unpaired) electrons. The van der Waals surface area contributed by atoms with Crippen LogP contribution in [0.1, 0.15) is 18.6 Å². The van der Waals surface area contributed by atoms with E-state index in [1.54, 1.807) is 6.92 Å². The van der Waals surface area contributed by atoms with Crippen molar-refractivity contribution in [1.29, 1.82) is 5.26 Å². The van der Waals surface area contributed by atoms with E-state index in [0.717, 1.165) is 0 Å². The molecule has 1 aromatic carbocycles. The fourth-order valence-corrected chi connectivity index (χ4v) is 1.24. The van der Waals surface area contributed by atoms with Crippen LogP contribution in [0.15, 0.2) is 18.2 Å². The molecule has 2 nitrogen and oxygen atoms in total. The van der Waals surface area contributed by atoms with Gasteiger partial charge in [0.1, 0.15) is 5.82 Å². The van der Waals surface area contributed by atoms with Gasteiger partial charge in [0.25, 0.3) is 0 Å². The molecule has 0 aliphatic heterocycles. The maximum atomic E-state index is 12.8. The third-order valence-corrected chi connectivity index (χ3v) is 2.25. The number of aliphatic hydroxyl groups is 1. The van der Waals surface area contributed by atoms with Crippen LogP contribution in [-0.4, -0.2) is 5.11 Å². The molecule has 0 heterocycles. The zero-order chi connectivity index (χ0) is 10.7. The Bertz CT molecular complexity index is 375. The number of nitriles is 1. The predicted octanol–water partition coefficient (Wildman–Crippen LogP) is 2.67. The van der Waals surface area contributed by atoms with Gasteiger partial charge in [-0.15, -0.1) is 0 Å². The highest BCUT2D eigenvalue weighted by molar-refractivity contribution is 6.30. The zero-order valence-corrected chi connectivity index (χ0v) is 8.29. The van der Waals surface area contributed by atoms with Gasteiger partial charge >= 0.3 is 0 Å². The number of hydrogen-bond donors (Lipinski definition) is 1. The first-order valence-corrected chi connectivity index (χ1v) is 4.46. The van der Waals surface area contributed by atoms with Gasteiger partial charge in [0.2, 0.25) is 0 Å². The number of benzene rings is 1. The third kappa shape index (κ3) is 2.22. The molecule has 2 atom stereocenters. The number of nitrogens with zero attached hydrogens (tertiary/aromatic N) is 1. The van der Waals surface area contributed by atoms with Gasteiger partial charge in [-0.25, -0.2) is 4.39 Å². The first-order valence-electron chi connectivity index (χ1n) is 4.09. The summed E-state index contributed by atoms with van der Waals surface area (Å²) in [7, 11) is 0. The SMILES string of the molecule is CC(C#N)C(O)c1ccc(F)c(Cl)c1.